The van der Waals surface area contributed by atoms with Crippen molar-refractivity contribution in [3.8, 4) is 0 Å². The standard InChI is InChI=1S/C13H20N2O4S/c1-4-19-13(16)15-11-5-7-12(8-6-11)20(17,18)14-9-10(2)3/h5-8,10,14H,4,9H2,1-3H3,(H,15,16). The highest BCUT2D eigenvalue weighted by atomic mass is 32.2. The fourth-order valence-corrected chi connectivity index (χ4v) is 2.58. The molecule has 1 aromatic carbocycles. The Morgan fingerprint density at radius 1 is 1.25 bits per heavy atom. The van der Waals surface area contributed by atoms with Gasteiger partial charge in [0.25, 0.3) is 0 Å². The minimum absolute atomic E-state index is 0.160. The van der Waals surface area contributed by atoms with Gasteiger partial charge < -0.3 is 4.74 Å². The molecule has 6 nitrogen and oxygen atoms in total. The van der Waals surface area contributed by atoms with Crippen LogP contribution >= 0.6 is 0 Å². The van der Waals surface area contributed by atoms with E-state index in [1.54, 1.807) is 6.92 Å². The summed E-state index contributed by atoms with van der Waals surface area (Å²) in [5, 5.41) is 2.50. The molecule has 0 fully saturated rings. The van der Waals surface area contributed by atoms with Crippen LogP contribution in [0.15, 0.2) is 29.2 Å². The number of sulfonamides is 1. The topological polar surface area (TPSA) is 84.5 Å². The molecule has 0 aliphatic heterocycles. The molecule has 0 atom stereocenters. The smallest absolute Gasteiger partial charge is 0.411 e. The van der Waals surface area contributed by atoms with Gasteiger partial charge in [0.1, 0.15) is 0 Å². The van der Waals surface area contributed by atoms with Crippen LogP contribution in [0.3, 0.4) is 0 Å². The molecular weight excluding hydrogens is 280 g/mol. The molecule has 7 heteroatoms. The Balaban J connectivity index is 2.73. The summed E-state index contributed by atoms with van der Waals surface area (Å²) in [6, 6.07) is 5.90. The van der Waals surface area contributed by atoms with Crippen molar-refractivity contribution in [1.82, 2.24) is 4.72 Å². The molecule has 0 saturated carbocycles. The molecule has 0 aliphatic carbocycles. The third kappa shape index (κ3) is 5.18. The Labute approximate surface area is 119 Å². The van der Waals surface area contributed by atoms with E-state index < -0.39 is 16.1 Å². The average Bonchev–Trinajstić information content (AvgIpc) is 2.37. The van der Waals surface area contributed by atoms with Crippen LogP contribution in [0, 0.1) is 5.92 Å². The molecule has 0 radical (unpaired) electrons. The number of hydrogen-bond donors (Lipinski definition) is 2. The first-order valence-corrected chi connectivity index (χ1v) is 7.87. The Bertz CT molecular complexity index is 538. The summed E-state index contributed by atoms with van der Waals surface area (Å²) in [5.41, 5.74) is 0.478. The molecule has 20 heavy (non-hydrogen) atoms. The van der Waals surface area contributed by atoms with Gasteiger partial charge in [0, 0.05) is 12.2 Å². The molecule has 1 amide bonds. The lowest BCUT2D eigenvalue weighted by Crippen LogP contribution is -2.27. The SMILES string of the molecule is CCOC(=O)Nc1ccc(S(=O)(=O)NCC(C)C)cc1. The quantitative estimate of drug-likeness (QED) is 0.843. The number of ether oxygens (including phenoxy) is 1. The van der Waals surface area contributed by atoms with Crippen molar-refractivity contribution in [1.29, 1.82) is 0 Å². The Morgan fingerprint density at radius 2 is 1.85 bits per heavy atom. The first-order valence-electron chi connectivity index (χ1n) is 6.38. The van der Waals surface area contributed by atoms with E-state index >= 15 is 0 Å². The normalized spacial score (nSPS) is 11.4. The van der Waals surface area contributed by atoms with Gasteiger partial charge in [-0.2, -0.15) is 0 Å². The van der Waals surface area contributed by atoms with Crippen molar-refractivity contribution >= 4 is 21.8 Å². The number of rotatable bonds is 6. The summed E-state index contributed by atoms with van der Waals surface area (Å²) >= 11 is 0. The van der Waals surface area contributed by atoms with Crippen LogP contribution in [-0.4, -0.2) is 27.7 Å². The summed E-state index contributed by atoms with van der Waals surface area (Å²) in [4.78, 5) is 11.4. The van der Waals surface area contributed by atoms with Crippen molar-refractivity contribution in [2.45, 2.75) is 25.7 Å². The Kier molecular flexibility index (Phi) is 5.97. The first-order chi connectivity index (χ1) is 9.35. The van der Waals surface area contributed by atoms with Crippen LogP contribution in [-0.2, 0) is 14.8 Å². The molecule has 0 saturated heterocycles. The van der Waals surface area contributed by atoms with Crippen molar-refractivity contribution in [3.63, 3.8) is 0 Å². The summed E-state index contributed by atoms with van der Waals surface area (Å²) < 4.78 is 31.1. The molecular formula is C13H20N2O4S. The summed E-state index contributed by atoms with van der Waals surface area (Å²) in [5.74, 6) is 0.231. The lowest BCUT2D eigenvalue weighted by Gasteiger charge is -2.10. The second kappa shape index (κ2) is 7.25. The molecule has 112 valence electrons. The third-order valence-electron chi connectivity index (χ3n) is 2.37. The highest BCUT2D eigenvalue weighted by Gasteiger charge is 2.14. The monoisotopic (exact) mass is 300 g/mol. The van der Waals surface area contributed by atoms with Crippen LogP contribution in [0.4, 0.5) is 10.5 Å². The molecule has 0 aliphatic rings. The molecule has 1 rings (SSSR count). The van der Waals surface area contributed by atoms with Crippen molar-refractivity contribution in [2.75, 3.05) is 18.5 Å². The van der Waals surface area contributed by atoms with E-state index in [0.29, 0.717) is 12.2 Å². The summed E-state index contributed by atoms with van der Waals surface area (Å²) in [6.07, 6.45) is -0.568. The van der Waals surface area contributed by atoms with Gasteiger partial charge in [-0.05, 0) is 37.1 Å². The van der Waals surface area contributed by atoms with Gasteiger partial charge in [0.05, 0.1) is 11.5 Å². The van der Waals surface area contributed by atoms with E-state index in [1.807, 2.05) is 13.8 Å². The summed E-state index contributed by atoms with van der Waals surface area (Å²) in [7, 11) is -3.50. The average molecular weight is 300 g/mol. The highest BCUT2D eigenvalue weighted by molar-refractivity contribution is 7.89. The lowest BCUT2D eigenvalue weighted by molar-refractivity contribution is 0.168. The number of amides is 1. The largest absolute Gasteiger partial charge is 0.450 e. The number of benzene rings is 1. The number of carbonyl (C=O) groups is 1. The molecule has 1 aromatic rings. The predicted octanol–water partition coefficient (Wildman–Crippen LogP) is 2.19. The van der Waals surface area contributed by atoms with Crippen LogP contribution in [0.5, 0.6) is 0 Å². The van der Waals surface area contributed by atoms with Gasteiger partial charge >= 0.3 is 6.09 Å². The maximum atomic E-state index is 11.9. The van der Waals surface area contributed by atoms with E-state index in [4.69, 9.17) is 4.74 Å². The van der Waals surface area contributed by atoms with Crippen LogP contribution in [0.25, 0.3) is 0 Å². The van der Waals surface area contributed by atoms with E-state index in [1.165, 1.54) is 24.3 Å². The number of anilines is 1. The number of nitrogens with one attached hydrogen (secondary N) is 2. The first kappa shape index (κ1) is 16.5. The Morgan fingerprint density at radius 3 is 2.35 bits per heavy atom. The molecule has 0 unspecified atom stereocenters. The zero-order chi connectivity index (χ0) is 15.2. The van der Waals surface area contributed by atoms with Crippen LogP contribution in [0.2, 0.25) is 0 Å². The molecule has 0 aromatic heterocycles. The highest BCUT2D eigenvalue weighted by Crippen LogP contribution is 2.14. The van der Waals surface area contributed by atoms with Crippen LogP contribution < -0.4 is 10.0 Å². The van der Waals surface area contributed by atoms with Gasteiger partial charge in [0.2, 0.25) is 10.0 Å². The molecule has 0 heterocycles. The van der Waals surface area contributed by atoms with E-state index in [9.17, 15) is 13.2 Å². The minimum atomic E-state index is -3.50. The van der Waals surface area contributed by atoms with Gasteiger partial charge in [-0.25, -0.2) is 17.9 Å². The lowest BCUT2D eigenvalue weighted by atomic mass is 10.2. The fourth-order valence-electron chi connectivity index (χ4n) is 1.36. The number of hydrogen-bond acceptors (Lipinski definition) is 4. The molecule has 0 bridgehead atoms. The second-order valence-corrected chi connectivity index (χ2v) is 6.38. The zero-order valence-electron chi connectivity index (χ0n) is 11.8. The van der Waals surface area contributed by atoms with Gasteiger partial charge in [-0.15, -0.1) is 0 Å². The fraction of sp³-hybridized carbons (Fsp3) is 0.462. The van der Waals surface area contributed by atoms with E-state index in [2.05, 4.69) is 10.0 Å². The second-order valence-electron chi connectivity index (χ2n) is 4.62. The van der Waals surface area contributed by atoms with Gasteiger partial charge in [-0.1, -0.05) is 13.8 Å². The van der Waals surface area contributed by atoms with Gasteiger partial charge in [0.15, 0.2) is 0 Å². The number of carbonyl (C=O) groups excluding carboxylic acids is 1. The van der Waals surface area contributed by atoms with Gasteiger partial charge in [-0.3, -0.25) is 5.32 Å². The molecule has 2 N–H and O–H groups in total. The van der Waals surface area contributed by atoms with E-state index in [-0.39, 0.29) is 17.4 Å². The maximum absolute atomic E-state index is 11.9. The minimum Gasteiger partial charge on any atom is -0.450 e. The summed E-state index contributed by atoms with van der Waals surface area (Å²) in [6.45, 7) is 6.21. The zero-order valence-corrected chi connectivity index (χ0v) is 12.7. The van der Waals surface area contributed by atoms with E-state index in [0.717, 1.165) is 0 Å². The van der Waals surface area contributed by atoms with Crippen molar-refractivity contribution in [3.05, 3.63) is 24.3 Å². The van der Waals surface area contributed by atoms with Crippen molar-refractivity contribution in [2.24, 2.45) is 5.92 Å². The third-order valence-corrected chi connectivity index (χ3v) is 3.81. The maximum Gasteiger partial charge on any atom is 0.411 e. The predicted molar refractivity (Wildman–Crippen MR) is 77.1 cm³/mol. The van der Waals surface area contributed by atoms with Crippen LogP contribution in [0.1, 0.15) is 20.8 Å². The van der Waals surface area contributed by atoms with Crippen molar-refractivity contribution < 1.29 is 17.9 Å². The Hall–Kier alpha value is -1.60. The molecule has 0 spiro atoms.